The van der Waals surface area contributed by atoms with Crippen molar-refractivity contribution in [2.45, 2.75) is 228 Å². The summed E-state index contributed by atoms with van der Waals surface area (Å²) in [4.78, 5) is 94.7. The number of nitrogens with zero attached hydrogens (tertiary/aromatic N) is 5. The number of guanidine groups is 1. The van der Waals surface area contributed by atoms with Gasteiger partial charge in [-0.1, -0.05) is 137 Å². The molecule has 0 bridgehead atoms. The van der Waals surface area contributed by atoms with Gasteiger partial charge >= 0.3 is 12.1 Å². The fourth-order valence-electron chi connectivity index (χ4n) is 24.0. The lowest BCUT2D eigenvalue weighted by atomic mass is 9.65. The molecule has 0 aromatic heterocycles. The molecule has 7 fully saturated rings. The lowest BCUT2D eigenvalue weighted by molar-refractivity contribution is -0.306. The Balaban J connectivity index is 0.000000109. The number of nitrogens with two attached hydrogens (primary N) is 1. The van der Waals surface area contributed by atoms with Crippen molar-refractivity contribution < 1.29 is 58.2 Å². The van der Waals surface area contributed by atoms with E-state index < -0.39 is 27.8 Å². The summed E-state index contributed by atoms with van der Waals surface area (Å²) in [5, 5.41) is 29.6. The van der Waals surface area contributed by atoms with Crippen LogP contribution in [0.25, 0.3) is 0 Å². The Morgan fingerprint density at radius 3 is 0.962 bits per heavy atom. The molecule has 131 heavy (non-hydrogen) atoms. The Bertz CT molecular complexity index is 5610. The van der Waals surface area contributed by atoms with Crippen LogP contribution >= 0.6 is 28.1 Å². The molecule has 0 radical (unpaired) electrons. The number of nitrogens with one attached hydrogen (secondary N) is 3. The molecule has 8 aromatic rings. The van der Waals surface area contributed by atoms with Crippen LogP contribution in [0.2, 0.25) is 0 Å². The van der Waals surface area contributed by atoms with Crippen molar-refractivity contribution in [3.8, 4) is 23.0 Å². The maximum absolute atomic E-state index is 13.9. The second-order valence-electron chi connectivity index (χ2n) is 41.4. The number of ether oxygens (including phenoxy) is 3. The number of benzene rings is 8. The Morgan fingerprint density at radius 1 is 0.397 bits per heavy atom. The molecule has 16 aliphatic rings. The van der Waals surface area contributed by atoms with Crippen LogP contribution in [0, 0.1) is 45.3 Å². The van der Waals surface area contributed by atoms with E-state index in [1.165, 1.54) is 129 Å². The Kier molecular flexibility index (Phi) is 23.9. The van der Waals surface area contributed by atoms with E-state index in [1.807, 2.05) is 18.2 Å². The molecule has 21 nitrogen and oxygen atoms in total. The first kappa shape index (κ1) is 89.7. The number of carbonyl (C=O) groups is 6. The number of phenolic OH excluding ortho intramolecular Hbond substituents is 1. The van der Waals surface area contributed by atoms with Gasteiger partial charge in [0, 0.05) is 55.2 Å². The number of aliphatic imine (C=N–C) groups is 1. The Morgan fingerprint density at radius 2 is 0.687 bits per heavy atom. The molecule has 686 valence electrons. The van der Waals surface area contributed by atoms with Gasteiger partial charge in [-0.15, -0.1) is 0 Å². The standard InChI is InChI=1S/C26H29N3O2.C26H28N2O3.C26H28N2O2S.C22H22N2O3.C4H7Br.C4H10O2/c1-29-23(30)26(28-24(29)27)22-14-21(31-16-17-6-7-17)9-8-20(22)15-25(26)12-10-18-4-2-3-5-19(18)11-13-25;1-28-23(29)26(27-24(28)30)22-14-21(31-16-17-6-7-17)9-8-20(22)15-25(26)12-10-18-4-2-3-5-19(18)11-13-25;1-28-23(29)26(27-24(28)31)22-14-21(30-16-17-6-7-17)9-8-20(22)15-25(26)12-10-18-4-2-3-5-19(18)11-13-25;1-24-19(26)22(23-20(24)27)18-12-17(25)7-6-16(18)13-21(22)10-8-14-4-2-3-5-15(14)9-11-21;5-3-4-1-2-4;1-4(2,3)6-5/h2-5,8-9,14,17H,6-7,10-13,15-16H2,1H3,(H2,27,28);2-5,8-9,14,17H,6-7,10-13,15-16H2,1H3,(H,27,30);2-5,8-9,14,17H,6-7,10-13,15-16H2,1H3,(H,27,31);2-7,12,25H,8-11,13H2,1H3,(H,23,27);4H,1-3H2;5H,1-3H3. The molecule has 4 heterocycles. The van der Waals surface area contributed by atoms with Gasteiger partial charge in [-0.2, -0.15) is 0 Å². The number of amides is 8. The van der Waals surface area contributed by atoms with Crippen LogP contribution in [0.4, 0.5) is 9.59 Å². The van der Waals surface area contributed by atoms with Gasteiger partial charge in [-0.3, -0.25) is 44.0 Å². The van der Waals surface area contributed by atoms with Gasteiger partial charge in [-0.05, 0) is 374 Å². The quantitative estimate of drug-likeness (QED) is 0.0244. The molecule has 4 unspecified atom stereocenters. The Hall–Kier alpha value is -10.5. The van der Waals surface area contributed by atoms with Crippen molar-refractivity contribution >= 4 is 74.9 Å². The highest BCUT2D eigenvalue weighted by molar-refractivity contribution is 9.09. The van der Waals surface area contributed by atoms with E-state index in [1.54, 1.807) is 63.8 Å². The number of fused-ring (bicyclic) bond motifs is 16. The minimum Gasteiger partial charge on any atom is -0.508 e. The zero-order valence-corrected chi connectivity index (χ0v) is 79.1. The number of hydrogen-bond donors (Lipinski definition) is 6. The number of thiocarbonyl (C=S) groups is 1. The second-order valence-corrected chi connectivity index (χ2v) is 42.5. The number of phenols is 1. The van der Waals surface area contributed by atoms with Gasteiger partial charge in [0.1, 0.15) is 23.0 Å². The molecule has 3 saturated heterocycles. The number of aromatic hydroxyl groups is 1. The van der Waals surface area contributed by atoms with Crippen molar-refractivity contribution in [3.05, 3.63) is 259 Å². The summed E-state index contributed by atoms with van der Waals surface area (Å²) in [6, 6.07) is 57.9. The summed E-state index contributed by atoms with van der Waals surface area (Å²) in [5.41, 5.74) is 20.3. The van der Waals surface area contributed by atoms with Gasteiger partial charge in [0.05, 0.1) is 25.4 Å². The first-order valence-electron chi connectivity index (χ1n) is 47.7. The average Bonchev–Trinajstić information content (AvgIpc) is 1.54. The molecule has 4 atom stereocenters. The van der Waals surface area contributed by atoms with Crippen molar-refractivity contribution in [3.63, 3.8) is 0 Å². The highest BCUT2D eigenvalue weighted by Crippen LogP contribution is 2.65. The van der Waals surface area contributed by atoms with E-state index in [-0.39, 0.29) is 63.1 Å². The molecule has 4 saturated carbocycles. The lowest BCUT2D eigenvalue weighted by Crippen LogP contribution is -2.55. The van der Waals surface area contributed by atoms with Crippen LogP contribution in [0.5, 0.6) is 23.0 Å². The lowest BCUT2D eigenvalue weighted by Gasteiger charge is -2.42. The number of imide groups is 2. The minimum absolute atomic E-state index is 0.00838. The third-order valence-electron chi connectivity index (χ3n) is 32.3. The maximum atomic E-state index is 13.9. The molecular weight excluding hydrogens is 1730 g/mol. The van der Waals surface area contributed by atoms with Crippen molar-refractivity contribution in [2.24, 2.45) is 56.1 Å². The van der Waals surface area contributed by atoms with Crippen molar-refractivity contribution in [1.29, 1.82) is 0 Å². The van der Waals surface area contributed by atoms with E-state index in [9.17, 15) is 33.9 Å². The molecule has 23 heteroatoms. The van der Waals surface area contributed by atoms with Crippen LogP contribution in [0.3, 0.4) is 0 Å². The van der Waals surface area contributed by atoms with Crippen molar-refractivity contribution in [1.82, 2.24) is 35.6 Å². The normalized spacial score (nSPS) is 25.2. The van der Waals surface area contributed by atoms with Gasteiger partial charge < -0.3 is 41.0 Å². The fraction of sp³-hybridized carbons (Fsp3) is 0.481. The van der Waals surface area contributed by atoms with E-state index in [0.717, 1.165) is 205 Å². The molecule has 8 aromatic carbocycles. The van der Waals surface area contributed by atoms with E-state index in [0.29, 0.717) is 28.8 Å². The monoisotopic (exact) mass is 1850 g/mol. The number of halogens is 1. The second kappa shape index (κ2) is 34.9. The van der Waals surface area contributed by atoms with Crippen LogP contribution < -0.4 is 35.9 Å². The number of rotatable bonds is 10. The van der Waals surface area contributed by atoms with Crippen LogP contribution in [-0.4, -0.2) is 136 Å². The third-order valence-corrected chi connectivity index (χ3v) is 33.6. The van der Waals surface area contributed by atoms with Gasteiger partial charge in [0.25, 0.3) is 23.6 Å². The summed E-state index contributed by atoms with van der Waals surface area (Å²) in [7, 11) is 6.68. The van der Waals surface area contributed by atoms with Gasteiger partial charge in [0.15, 0.2) is 33.2 Å². The summed E-state index contributed by atoms with van der Waals surface area (Å²) < 4.78 is 18.3. The predicted octanol–water partition coefficient (Wildman–Crippen LogP) is 17.6. The topological polar surface area (TPSA) is 267 Å². The number of alkyl halides is 1. The van der Waals surface area contributed by atoms with Crippen LogP contribution in [0.1, 0.15) is 213 Å². The zero-order chi connectivity index (χ0) is 91.4. The van der Waals surface area contributed by atoms with Crippen molar-refractivity contribution in [2.75, 3.05) is 53.3 Å². The summed E-state index contributed by atoms with van der Waals surface area (Å²) >= 11 is 8.98. The number of aryl methyl sites for hydroxylation is 8. The molecule has 24 rings (SSSR count). The number of hydrogen-bond acceptors (Lipinski definition) is 15. The maximum Gasteiger partial charge on any atom is 0.325 e. The SMILES string of the molecule is BrCC1CC1.CC(C)(C)OO.CN1C(=O)C2(N=C1N)c1cc(OCC3CC3)ccc1CC21CCc2ccccc2CC1.CN1C(=O)C2(NC1=S)c1cc(OCC3CC3)ccc1CC21CCc2ccccc2CC1.CN1C(=O)NC2(C1=O)c1cc(O)ccc1CC21CCc2ccccc2CC1.CN1C(=O)NC2(C1=O)c1cc(OCC3CC3)ccc1CC21CCc2ccccc2CC1. The average molecular weight is 1850 g/mol. The Labute approximate surface area is 783 Å². The molecule has 8 amide bonds. The molecule has 12 aliphatic carbocycles. The molecular formula is C108H124BrN9O12S. The largest absolute Gasteiger partial charge is 0.508 e. The van der Waals surface area contributed by atoms with E-state index >= 15 is 0 Å². The number of urea groups is 2. The molecule has 4 aliphatic heterocycles. The smallest absolute Gasteiger partial charge is 0.325 e. The summed E-state index contributed by atoms with van der Waals surface area (Å²) in [6.45, 7) is 7.57. The van der Waals surface area contributed by atoms with E-state index in [4.69, 9.17) is 42.4 Å². The predicted molar refractivity (Wildman–Crippen MR) is 511 cm³/mol. The molecule has 8 spiro atoms. The van der Waals surface area contributed by atoms with E-state index in [2.05, 4.69) is 176 Å². The highest BCUT2D eigenvalue weighted by Gasteiger charge is 2.71. The zero-order valence-electron chi connectivity index (χ0n) is 76.7. The number of carbonyl (C=O) groups excluding carboxylic acids is 6. The van der Waals surface area contributed by atoms with Crippen LogP contribution in [0.15, 0.2) is 175 Å². The third kappa shape index (κ3) is 16.0. The van der Waals surface area contributed by atoms with Crippen LogP contribution in [-0.2, 0) is 123 Å². The molecule has 7 N–H and O–H groups in total. The summed E-state index contributed by atoms with van der Waals surface area (Å²) in [6.07, 6.45) is 28.4. The summed E-state index contributed by atoms with van der Waals surface area (Å²) in [5.74, 6) is 5.81. The first-order valence-corrected chi connectivity index (χ1v) is 49.3. The van der Waals surface area contributed by atoms with Gasteiger partial charge in [0.2, 0.25) is 0 Å². The number of likely N-dealkylation sites (N-methyl/N-ethyl adjacent to an activating group) is 4. The minimum atomic E-state index is -1.09. The highest BCUT2D eigenvalue weighted by atomic mass is 79.9. The fourth-order valence-corrected chi connectivity index (χ4v) is 24.9. The first-order chi connectivity index (χ1) is 63.0. The van der Waals surface area contributed by atoms with Gasteiger partial charge in [-0.25, -0.2) is 19.5 Å².